The summed E-state index contributed by atoms with van der Waals surface area (Å²) in [4.78, 5) is 27.3. The topological polar surface area (TPSA) is 52.6 Å². The zero-order valence-corrected chi connectivity index (χ0v) is 22.1. The Hall–Kier alpha value is -0.220. The molecule has 4 nitrogen and oxygen atoms in total. The molecule has 176 valence electrons. The van der Waals surface area contributed by atoms with Gasteiger partial charge < -0.3 is 9.47 Å². The largest absolute Gasteiger partial charge is 0.376 e. The second-order valence-corrected chi connectivity index (χ2v) is 10.7. The smallest absolute Gasteiger partial charge is 0.362 e. The first kappa shape index (κ1) is 29.8. The zero-order valence-electron chi connectivity index (χ0n) is 20.4. The van der Waals surface area contributed by atoms with E-state index in [4.69, 9.17) is 21.3 Å². The van der Waals surface area contributed by atoms with Crippen molar-refractivity contribution in [3.05, 3.63) is 0 Å². The van der Waals surface area contributed by atoms with E-state index in [1.54, 1.807) is 0 Å². The first-order valence-corrected chi connectivity index (χ1v) is 14.5. The van der Waals surface area contributed by atoms with Gasteiger partial charge in [-0.1, -0.05) is 80.1 Å². The molecule has 0 radical (unpaired) electrons. The van der Waals surface area contributed by atoms with Crippen LogP contribution in [0.1, 0.15) is 119 Å². The number of carbonyl (C=O) groups is 2. The third-order valence-electron chi connectivity index (χ3n) is 5.91. The number of hydrogen-bond donors (Lipinski definition) is 0. The van der Waals surface area contributed by atoms with Gasteiger partial charge in [0.25, 0.3) is 0 Å². The van der Waals surface area contributed by atoms with Gasteiger partial charge >= 0.3 is 17.7 Å². The summed E-state index contributed by atoms with van der Waals surface area (Å²) in [6.07, 6.45) is 9.93. The molecule has 0 saturated carbocycles. The van der Waals surface area contributed by atoms with Gasteiger partial charge in [0.05, 0.1) is 0 Å². The van der Waals surface area contributed by atoms with E-state index in [2.05, 4.69) is 27.7 Å². The van der Waals surface area contributed by atoms with Crippen LogP contribution >= 0.6 is 6.70 Å². The van der Waals surface area contributed by atoms with E-state index in [1.807, 2.05) is 13.8 Å². The molecule has 0 aliphatic heterocycles. The van der Waals surface area contributed by atoms with Crippen molar-refractivity contribution in [1.82, 2.24) is 0 Å². The van der Waals surface area contributed by atoms with Gasteiger partial charge in [-0.3, -0.25) is 0 Å². The molecule has 0 aromatic heterocycles. The van der Waals surface area contributed by atoms with Gasteiger partial charge in [-0.15, -0.1) is 0 Å². The zero-order chi connectivity index (χ0) is 23.0. The van der Waals surface area contributed by atoms with Crippen molar-refractivity contribution in [3.63, 3.8) is 0 Å². The van der Waals surface area contributed by atoms with Crippen LogP contribution in [-0.2, 0) is 30.9 Å². The van der Waals surface area contributed by atoms with E-state index in [0.717, 1.165) is 51.4 Å². The summed E-state index contributed by atoms with van der Waals surface area (Å²) in [6.45, 7) is 11.5. The van der Waals surface area contributed by atoms with E-state index in [9.17, 15) is 9.59 Å². The molecule has 0 aromatic carbocycles. The van der Waals surface area contributed by atoms with E-state index in [0.29, 0.717) is 38.9 Å². The molecule has 0 rings (SSSR count). The molecule has 0 heterocycles. The highest BCUT2D eigenvalue weighted by molar-refractivity contribution is 8.20. The Balaban J connectivity index is 5.78. The van der Waals surface area contributed by atoms with Crippen LogP contribution in [0.2, 0.25) is 0 Å². The Morgan fingerprint density at radius 1 is 0.667 bits per heavy atom. The lowest BCUT2D eigenvalue weighted by atomic mass is 9.94. The van der Waals surface area contributed by atoms with Gasteiger partial charge in [0, 0.05) is 13.2 Å². The monoisotopic (exact) mass is 461 g/mol. The first-order valence-electron chi connectivity index (χ1n) is 12.2. The molecule has 0 fully saturated rings. The van der Waals surface area contributed by atoms with Crippen LogP contribution in [-0.4, -0.2) is 35.5 Å². The number of carbonyl (C=O) groups excluding carboxylic acids is 2. The minimum absolute atomic E-state index is 0.169. The Morgan fingerprint density at radius 3 is 1.27 bits per heavy atom. The van der Waals surface area contributed by atoms with Crippen molar-refractivity contribution >= 4 is 29.6 Å². The van der Waals surface area contributed by atoms with Crippen molar-refractivity contribution in [2.75, 3.05) is 13.2 Å². The summed E-state index contributed by atoms with van der Waals surface area (Å²) in [5.74, 6) is 0. The van der Waals surface area contributed by atoms with Crippen LogP contribution in [0.4, 0.5) is 0 Å². The van der Waals surface area contributed by atoms with Gasteiger partial charge in [0.15, 0.2) is 23.0 Å². The molecule has 2 unspecified atom stereocenters. The maximum Gasteiger partial charge on any atom is 0.376 e. The van der Waals surface area contributed by atoms with E-state index < -0.39 is 17.9 Å². The summed E-state index contributed by atoms with van der Waals surface area (Å²) >= 11 is 5.68. The summed E-state index contributed by atoms with van der Waals surface area (Å²) < 4.78 is 12.4. The average molecular weight is 462 g/mol. The third-order valence-corrected chi connectivity index (χ3v) is 8.46. The quantitative estimate of drug-likeness (QED) is 0.141. The van der Waals surface area contributed by atoms with Gasteiger partial charge in [-0.25, -0.2) is 9.59 Å². The SMILES string of the molecule is CCCCOC(CC)(CCCC)C(=O)[P+](=S)C(=O)C(CC)(CCCC)OCCCC. The van der Waals surface area contributed by atoms with E-state index in [1.165, 1.54) is 0 Å². The maximum absolute atomic E-state index is 13.6. The van der Waals surface area contributed by atoms with Gasteiger partial charge in [-0.2, -0.15) is 0 Å². The molecule has 0 spiro atoms. The average Bonchev–Trinajstić information content (AvgIpc) is 2.77. The second-order valence-electron chi connectivity index (χ2n) is 8.21. The summed E-state index contributed by atoms with van der Waals surface area (Å²) in [6, 6.07) is 0. The van der Waals surface area contributed by atoms with Crippen LogP contribution in [0.5, 0.6) is 0 Å². The predicted octanol–water partition coefficient (Wildman–Crippen LogP) is 7.29. The normalized spacial score (nSPS) is 16.0. The Kier molecular flexibility index (Phi) is 16.3. The van der Waals surface area contributed by atoms with Crippen molar-refractivity contribution in [3.8, 4) is 0 Å². The molecule has 30 heavy (non-hydrogen) atoms. The second kappa shape index (κ2) is 16.4. The lowest BCUT2D eigenvalue weighted by molar-refractivity contribution is -0.141. The molecule has 0 bridgehead atoms. The van der Waals surface area contributed by atoms with Crippen molar-refractivity contribution < 1.29 is 19.1 Å². The fraction of sp³-hybridized carbons (Fsp3) is 0.917. The number of ether oxygens (including phenoxy) is 2. The Labute approximate surface area is 191 Å². The summed E-state index contributed by atoms with van der Waals surface area (Å²) in [5, 5.41) is 0. The van der Waals surface area contributed by atoms with E-state index >= 15 is 0 Å². The third kappa shape index (κ3) is 8.73. The molecule has 0 aromatic rings. The molecular formula is C24H46O4PS+. The number of hydrogen-bond acceptors (Lipinski definition) is 5. The molecule has 0 amide bonds. The highest BCUT2D eigenvalue weighted by Gasteiger charge is 2.55. The molecular weight excluding hydrogens is 415 g/mol. The maximum atomic E-state index is 13.6. The van der Waals surface area contributed by atoms with Gasteiger partial charge in [-0.05, 0) is 38.5 Å². The van der Waals surface area contributed by atoms with Crippen LogP contribution < -0.4 is 0 Å². The van der Waals surface area contributed by atoms with Crippen LogP contribution in [0.3, 0.4) is 0 Å². The fourth-order valence-corrected chi connectivity index (χ4v) is 6.14. The minimum Gasteiger partial charge on any atom is -0.362 e. The van der Waals surface area contributed by atoms with Crippen LogP contribution in [0, 0.1) is 0 Å². The highest BCUT2D eigenvalue weighted by atomic mass is 32.4. The highest BCUT2D eigenvalue weighted by Crippen LogP contribution is 2.43. The molecule has 0 aliphatic carbocycles. The predicted molar refractivity (Wildman–Crippen MR) is 131 cm³/mol. The van der Waals surface area contributed by atoms with Crippen molar-refractivity contribution in [1.29, 1.82) is 0 Å². The van der Waals surface area contributed by atoms with Crippen LogP contribution in [0.25, 0.3) is 0 Å². The lowest BCUT2D eigenvalue weighted by Crippen LogP contribution is -2.45. The number of rotatable bonds is 20. The molecule has 2 atom stereocenters. The van der Waals surface area contributed by atoms with E-state index in [-0.39, 0.29) is 11.0 Å². The minimum atomic E-state index is -1.91. The molecule has 6 heteroatoms. The Bertz CT molecular complexity index is 481. The number of unbranched alkanes of at least 4 members (excludes halogenated alkanes) is 4. The molecule has 0 saturated heterocycles. The molecule has 0 N–H and O–H groups in total. The fourth-order valence-electron chi connectivity index (χ4n) is 3.55. The van der Waals surface area contributed by atoms with Crippen molar-refractivity contribution in [2.45, 2.75) is 130 Å². The standard InChI is InChI=1S/C24H46O4PS/c1-7-13-17-23(11-5,27-19-15-9-3)21(25)29(30)22(26)24(12-6,18-14-8-2)28-20-16-10-4/h7-20H2,1-6H3/q+1. The summed E-state index contributed by atoms with van der Waals surface area (Å²) in [5.41, 5.74) is -2.19. The van der Waals surface area contributed by atoms with Gasteiger partial charge in [0.2, 0.25) is 0 Å². The van der Waals surface area contributed by atoms with Gasteiger partial charge in [0.1, 0.15) is 0 Å². The van der Waals surface area contributed by atoms with Crippen LogP contribution in [0.15, 0.2) is 0 Å². The molecule has 0 aliphatic rings. The first-order chi connectivity index (χ1) is 14.3. The Morgan fingerprint density at radius 2 is 1.00 bits per heavy atom. The summed E-state index contributed by atoms with van der Waals surface area (Å²) in [7, 11) is 0. The van der Waals surface area contributed by atoms with Crippen molar-refractivity contribution in [2.24, 2.45) is 0 Å². The lowest BCUT2D eigenvalue weighted by Gasteiger charge is -2.30.